The molecule has 5 nitrogen and oxygen atoms in total. The van der Waals surface area contributed by atoms with Gasteiger partial charge in [0.05, 0.1) is 6.07 Å². The van der Waals surface area contributed by atoms with E-state index in [2.05, 4.69) is 6.07 Å². The molecule has 0 unspecified atom stereocenters. The van der Waals surface area contributed by atoms with Crippen molar-refractivity contribution < 1.29 is 14.6 Å². The largest absolute Gasteiger partial charge is 0.508 e. The van der Waals surface area contributed by atoms with Crippen molar-refractivity contribution in [2.75, 3.05) is 25.2 Å². The van der Waals surface area contributed by atoms with Gasteiger partial charge in [-0.15, -0.1) is 0 Å². The molecule has 5 heteroatoms. The number of aromatic hydroxyl groups is 1. The quantitative estimate of drug-likeness (QED) is 0.878. The Morgan fingerprint density at radius 3 is 2.74 bits per heavy atom. The fourth-order valence-electron chi connectivity index (χ4n) is 2.23. The van der Waals surface area contributed by atoms with Gasteiger partial charge in [-0.1, -0.05) is 6.07 Å². The van der Waals surface area contributed by atoms with Gasteiger partial charge < -0.3 is 14.7 Å². The summed E-state index contributed by atoms with van der Waals surface area (Å²) >= 11 is 0. The highest BCUT2D eigenvalue weighted by atomic mass is 16.5. The van der Waals surface area contributed by atoms with E-state index < -0.39 is 5.41 Å². The number of benzene rings is 1. The maximum absolute atomic E-state index is 12.5. The number of nitriles is 1. The molecule has 1 aromatic carbocycles. The zero-order chi connectivity index (χ0) is 13.9. The first-order valence-corrected chi connectivity index (χ1v) is 6.15. The summed E-state index contributed by atoms with van der Waals surface area (Å²) in [6.45, 7) is 0.848. The fourth-order valence-corrected chi connectivity index (χ4v) is 2.23. The second-order valence-corrected chi connectivity index (χ2v) is 4.69. The van der Waals surface area contributed by atoms with Crippen LogP contribution in [0.1, 0.15) is 12.8 Å². The molecule has 1 saturated heterocycles. The molecule has 19 heavy (non-hydrogen) atoms. The van der Waals surface area contributed by atoms with Crippen LogP contribution >= 0.6 is 0 Å². The van der Waals surface area contributed by atoms with Gasteiger partial charge in [-0.05, 0) is 25.0 Å². The first-order valence-electron chi connectivity index (χ1n) is 6.15. The Morgan fingerprint density at radius 2 is 2.16 bits per heavy atom. The minimum Gasteiger partial charge on any atom is -0.508 e. The van der Waals surface area contributed by atoms with E-state index >= 15 is 0 Å². The maximum Gasteiger partial charge on any atom is 0.247 e. The maximum atomic E-state index is 12.5. The third-order valence-corrected chi connectivity index (χ3v) is 3.49. The Bertz CT molecular complexity index is 516. The van der Waals surface area contributed by atoms with Crippen LogP contribution in [0.25, 0.3) is 0 Å². The van der Waals surface area contributed by atoms with Crippen molar-refractivity contribution in [1.29, 1.82) is 5.26 Å². The summed E-state index contributed by atoms with van der Waals surface area (Å²) < 4.78 is 5.22. The highest BCUT2D eigenvalue weighted by Gasteiger charge is 2.42. The van der Waals surface area contributed by atoms with E-state index in [-0.39, 0.29) is 11.7 Å². The smallest absolute Gasteiger partial charge is 0.247 e. The summed E-state index contributed by atoms with van der Waals surface area (Å²) in [6, 6.07) is 8.58. The summed E-state index contributed by atoms with van der Waals surface area (Å²) in [5, 5.41) is 18.8. The third kappa shape index (κ3) is 2.54. The second kappa shape index (κ2) is 5.29. The number of phenols is 1. The molecule has 0 spiro atoms. The standard InChI is InChI=1S/C14H16N2O3/c1-16(11-3-2-4-12(17)9-11)13(18)14(10-15)5-7-19-8-6-14/h2-4,9,17H,5-8H2,1H3. The molecule has 1 aliphatic heterocycles. The van der Waals surface area contributed by atoms with Crippen LogP contribution in [0.3, 0.4) is 0 Å². The molecule has 0 aliphatic carbocycles. The highest BCUT2D eigenvalue weighted by Crippen LogP contribution is 2.33. The van der Waals surface area contributed by atoms with Gasteiger partial charge in [-0.2, -0.15) is 5.26 Å². The number of hydrogen-bond donors (Lipinski definition) is 1. The predicted molar refractivity (Wildman–Crippen MR) is 69.6 cm³/mol. The number of amides is 1. The van der Waals surface area contributed by atoms with Crippen LogP contribution < -0.4 is 4.90 Å². The lowest BCUT2D eigenvalue weighted by molar-refractivity contribution is -0.129. The van der Waals surface area contributed by atoms with Crippen molar-refractivity contribution in [1.82, 2.24) is 0 Å². The average molecular weight is 260 g/mol. The SMILES string of the molecule is CN(C(=O)C1(C#N)CCOCC1)c1cccc(O)c1. The van der Waals surface area contributed by atoms with E-state index in [1.54, 1.807) is 19.2 Å². The van der Waals surface area contributed by atoms with Crippen molar-refractivity contribution in [3.05, 3.63) is 24.3 Å². The monoisotopic (exact) mass is 260 g/mol. The summed E-state index contributed by atoms with van der Waals surface area (Å²) in [4.78, 5) is 14.0. The Hall–Kier alpha value is -2.06. The molecule has 1 aromatic rings. The first-order chi connectivity index (χ1) is 9.09. The lowest BCUT2D eigenvalue weighted by atomic mass is 9.80. The average Bonchev–Trinajstić information content (AvgIpc) is 2.46. The molecule has 1 N–H and O–H groups in total. The van der Waals surface area contributed by atoms with Crippen molar-refractivity contribution >= 4 is 11.6 Å². The van der Waals surface area contributed by atoms with E-state index in [0.717, 1.165) is 0 Å². The number of nitrogens with zero attached hydrogens (tertiary/aromatic N) is 2. The molecular formula is C14H16N2O3. The number of rotatable bonds is 2. The van der Waals surface area contributed by atoms with Gasteiger partial charge in [0.25, 0.3) is 0 Å². The van der Waals surface area contributed by atoms with E-state index in [0.29, 0.717) is 31.7 Å². The molecule has 0 radical (unpaired) electrons. The molecule has 0 atom stereocenters. The molecule has 100 valence electrons. The van der Waals surface area contributed by atoms with Crippen LogP contribution in [0, 0.1) is 16.7 Å². The zero-order valence-corrected chi connectivity index (χ0v) is 10.8. The van der Waals surface area contributed by atoms with Crippen LogP contribution in [0.5, 0.6) is 5.75 Å². The minimum atomic E-state index is -1.02. The van der Waals surface area contributed by atoms with Crippen LogP contribution in [0.4, 0.5) is 5.69 Å². The van der Waals surface area contributed by atoms with Gasteiger partial charge in [0.15, 0.2) is 0 Å². The van der Waals surface area contributed by atoms with Gasteiger partial charge in [0, 0.05) is 32.0 Å². The van der Waals surface area contributed by atoms with Crippen molar-refractivity contribution in [3.8, 4) is 11.8 Å². The Balaban J connectivity index is 2.25. The summed E-state index contributed by atoms with van der Waals surface area (Å²) in [7, 11) is 1.62. The lowest BCUT2D eigenvalue weighted by Gasteiger charge is -2.33. The number of carbonyl (C=O) groups is 1. The topological polar surface area (TPSA) is 73.6 Å². The minimum absolute atomic E-state index is 0.0927. The first kappa shape index (κ1) is 13.4. The van der Waals surface area contributed by atoms with Gasteiger partial charge >= 0.3 is 0 Å². The van der Waals surface area contributed by atoms with E-state index in [4.69, 9.17) is 4.74 Å². The molecule has 1 aliphatic rings. The molecular weight excluding hydrogens is 244 g/mol. The molecule has 2 rings (SSSR count). The van der Waals surface area contributed by atoms with E-state index in [1.807, 2.05) is 0 Å². The number of anilines is 1. The summed E-state index contributed by atoms with van der Waals surface area (Å²) in [6.07, 6.45) is 0.816. The third-order valence-electron chi connectivity index (χ3n) is 3.49. The molecule has 1 amide bonds. The van der Waals surface area contributed by atoms with Crippen molar-refractivity contribution in [2.45, 2.75) is 12.8 Å². The van der Waals surface area contributed by atoms with Gasteiger partial charge in [-0.3, -0.25) is 4.79 Å². The normalized spacial score (nSPS) is 17.5. The molecule has 0 bridgehead atoms. The highest BCUT2D eigenvalue weighted by molar-refractivity contribution is 5.99. The predicted octanol–water partition coefficient (Wildman–Crippen LogP) is 1.68. The lowest BCUT2D eigenvalue weighted by Crippen LogP contribution is -2.44. The number of carbonyl (C=O) groups excluding carboxylic acids is 1. The number of hydrogen-bond acceptors (Lipinski definition) is 4. The van der Waals surface area contributed by atoms with Crippen LogP contribution in [-0.4, -0.2) is 31.3 Å². The molecule has 0 aromatic heterocycles. The van der Waals surface area contributed by atoms with Gasteiger partial charge in [0.1, 0.15) is 11.2 Å². The van der Waals surface area contributed by atoms with Crippen LogP contribution in [0.2, 0.25) is 0 Å². The molecule has 0 saturated carbocycles. The van der Waals surface area contributed by atoms with E-state index in [1.165, 1.54) is 17.0 Å². The molecule has 1 fully saturated rings. The van der Waals surface area contributed by atoms with E-state index in [9.17, 15) is 15.2 Å². The zero-order valence-electron chi connectivity index (χ0n) is 10.8. The number of ether oxygens (including phenoxy) is 1. The summed E-state index contributed by atoms with van der Waals surface area (Å²) in [5.41, 5.74) is -0.440. The number of phenolic OH excluding ortho intramolecular Hbond substituents is 1. The Labute approximate surface area is 112 Å². The van der Waals surface area contributed by atoms with Crippen molar-refractivity contribution in [2.24, 2.45) is 5.41 Å². The van der Waals surface area contributed by atoms with Gasteiger partial charge in [-0.25, -0.2) is 0 Å². The van der Waals surface area contributed by atoms with Crippen LogP contribution in [0.15, 0.2) is 24.3 Å². The second-order valence-electron chi connectivity index (χ2n) is 4.69. The van der Waals surface area contributed by atoms with Crippen LogP contribution in [-0.2, 0) is 9.53 Å². The Morgan fingerprint density at radius 1 is 1.47 bits per heavy atom. The molecule has 1 heterocycles. The van der Waals surface area contributed by atoms with Crippen molar-refractivity contribution in [3.63, 3.8) is 0 Å². The Kier molecular flexibility index (Phi) is 3.72. The fraction of sp³-hybridized carbons (Fsp3) is 0.429. The summed E-state index contributed by atoms with van der Waals surface area (Å²) in [5.74, 6) is -0.154. The van der Waals surface area contributed by atoms with Gasteiger partial charge in [0.2, 0.25) is 5.91 Å².